The third kappa shape index (κ3) is 2.07. The average molecular weight is 134 g/mol. The highest BCUT2D eigenvalue weighted by Gasteiger charge is 2.06. The van der Waals surface area contributed by atoms with Crippen LogP contribution in [0.5, 0.6) is 0 Å². The third-order valence-corrected chi connectivity index (χ3v) is 1.37. The van der Waals surface area contributed by atoms with Crippen LogP contribution >= 0.6 is 12.8 Å². The molecule has 48 valence electrons. The number of carbonyl (C=O) groups excluding carboxylic acids is 1. The molecule has 8 heavy (non-hydrogen) atoms. The van der Waals surface area contributed by atoms with Crippen molar-refractivity contribution >= 4 is 18.8 Å². The van der Waals surface area contributed by atoms with Crippen LogP contribution in [0.15, 0.2) is 0 Å². The van der Waals surface area contributed by atoms with E-state index in [0.717, 1.165) is 0 Å². The second kappa shape index (κ2) is 2.81. The van der Waals surface area contributed by atoms with Gasteiger partial charge in [-0.05, 0) is 13.8 Å². The zero-order chi connectivity index (χ0) is 6.73. The predicted molar refractivity (Wildman–Crippen MR) is 35.5 cm³/mol. The highest BCUT2D eigenvalue weighted by molar-refractivity contribution is 7.78. The number of rotatable bonds is 1. The largest absolute Gasteiger partial charge is 0.351 e. The third-order valence-electron chi connectivity index (χ3n) is 0.715. The summed E-state index contributed by atoms with van der Waals surface area (Å²) in [6.45, 7) is 3.66. The van der Waals surface area contributed by atoms with Crippen molar-refractivity contribution in [2.24, 2.45) is 5.73 Å². The van der Waals surface area contributed by atoms with Gasteiger partial charge in [0.25, 0.3) is 0 Å². The van der Waals surface area contributed by atoms with E-state index < -0.39 is 6.03 Å². The number of urea groups is 1. The molecule has 0 rings (SSSR count). The Morgan fingerprint density at radius 3 is 2.12 bits per heavy atom. The van der Waals surface area contributed by atoms with Crippen LogP contribution in [0.4, 0.5) is 4.79 Å². The van der Waals surface area contributed by atoms with Crippen molar-refractivity contribution in [1.82, 2.24) is 4.31 Å². The van der Waals surface area contributed by atoms with Gasteiger partial charge in [-0.3, -0.25) is 4.31 Å². The van der Waals surface area contributed by atoms with Crippen molar-refractivity contribution in [3.8, 4) is 0 Å². The van der Waals surface area contributed by atoms with Crippen LogP contribution in [0.25, 0.3) is 0 Å². The van der Waals surface area contributed by atoms with E-state index in [4.69, 9.17) is 5.73 Å². The zero-order valence-electron chi connectivity index (χ0n) is 4.96. The molecule has 3 nitrogen and oxygen atoms in total. The van der Waals surface area contributed by atoms with Crippen molar-refractivity contribution in [3.63, 3.8) is 0 Å². The first kappa shape index (κ1) is 7.62. The number of amides is 2. The topological polar surface area (TPSA) is 46.3 Å². The highest BCUT2D eigenvalue weighted by Crippen LogP contribution is 1.98. The molecule has 0 radical (unpaired) electrons. The number of carbonyl (C=O) groups is 1. The van der Waals surface area contributed by atoms with E-state index in [1.54, 1.807) is 0 Å². The lowest BCUT2D eigenvalue weighted by Gasteiger charge is -2.15. The maximum atomic E-state index is 10.2. The lowest BCUT2D eigenvalue weighted by Crippen LogP contribution is -2.32. The first-order valence-electron chi connectivity index (χ1n) is 2.33. The van der Waals surface area contributed by atoms with Gasteiger partial charge in [0.1, 0.15) is 0 Å². The molecule has 4 heteroatoms. The Balaban J connectivity index is 3.64. The molecule has 0 heterocycles. The minimum absolute atomic E-state index is 0.0656. The summed E-state index contributed by atoms with van der Waals surface area (Å²) in [5, 5.41) is 0. The molecule has 2 amide bonds. The molecule has 0 saturated heterocycles. The van der Waals surface area contributed by atoms with Crippen LogP contribution < -0.4 is 5.73 Å². The zero-order valence-corrected chi connectivity index (χ0v) is 5.85. The minimum Gasteiger partial charge on any atom is -0.351 e. The number of nitrogens with zero attached hydrogens (tertiary/aromatic N) is 1. The minimum atomic E-state index is -0.511. The maximum absolute atomic E-state index is 10.2. The molecule has 0 aliphatic carbocycles. The van der Waals surface area contributed by atoms with Gasteiger partial charge in [-0.2, -0.15) is 0 Å². The number of primary amides is 1. The molecule has 0 aliphatic rings. The maximum Gasteiger partial charge on any atom is 0.324 e. The summed E-state index contributed by atoms with van der Waals surface area (Å²) in [7, 11) is 0. The Bertz CT molecular complexity index is 94.0. The van der Waals surface area contributed by atoms with E-state index >= 15 is 0 Å². The second-order valence-electron chi connectivity index (χ2n) is 1.78. The van der Waals surface area contributed by atoms with E-state index in [1.165, 1.54) is 4.31 Å². The Morgan fingerprint density at radius 2 is 2.12 bits per heavy atom. The van der Waals surface area contributed by atoms with Gasteiger partial charge in [-0.1, -0.05) is 12.8 Å². The van der Waals surface area contributed by atoms with Crippen molar-refractivity contribution in [1.29, 1.82) is 0 Å². The highest BCUT2D eigenvalue weighted by atomic mass is 32.1. The van der Waals surface area contributed by atoms with Crippen molar-refractivity contribution in [2.75, 3.05) is 0 Å². The van der Waals surface area contributed by atoms with Crippen LogP contribution in [0.2, 0.25) is 0 Å². The number of thiol groups is 1. The number of hydrogen-bond acceptors (Lipinski definition) is 2. The molecular formula is C4H10N2OS. The Labute approximate surface area is 54.4 Å². The van der Waals surface area contributed by atoms with Gasteiger partial charge in [0, 0.05) is 6.04 Å². The monoisotopic (exact) mass is 134 g/mol. The molecule has 0 fully saturated rings. The fourth-order valence-electron chi connectivity index (χ4n) is 0.254. The lowest BCUT2D eigenvalue weighted by molar-refractivity contribution is 0.229. The van der Waals surface area contributed by atoms with Crippen LogP contribution in [-0.2, 0) is 0 Å². The number of hydrogen-bond donors (Lipinski definition) is 2. The van der Waals surface area contributed by atoms with E-state index in [0.29, 0.717) is 0 Å². The standard InChI is InChI=1S/C4H10N2OS/c1-3(2)6(8)4(5)7/h3,8H,1-2H3,(H2,5,7). The fourth-order valence-corrected chi connectivity index (χ4v) is 0.254. The Hall–Kier alpha value is -0.380. The van der Waals surface area contributed by atoms with E-state index in [9.17, 15) is 4.79 Å². The first-order chi connectivity index (χ1) is 3.55. The van der Waals surface area contributed by atoms with Crippen molar-refractivity contribution in [3.05, 3.63) is 0 Å². The van der Waals surface area contributed by atoms with Crippen LogP contribution in [-0.4, -0.2) is 16.4 Å². The molecule has 0 aliphatic heterocycles. The first-order valence-corrected chi connectivity index (χ1v) is 2.73. The molecule has 0 bridgehead atoms. The lowest BCUT2D eigenvalue weighted by atomic mass is 10.4. The molecular weight excluding hydrogens is 124 g/mol. The summed E-state index contributed by atoms with van der Waals surface area (Å²) in [4.78, 5) is 10.2. The van der Waals surface area contributed by atoms with Gasteiger partial charge in [0.2, 0.25) is 0 Å². The van der Waals surface area contributed by atoms with Crippen LogP contribution in [0, 0.1) is 0 Å². The molecule has 0 aromatic rings. The SMILES string of the molecule is CC(C)N(S)C(N)=O. The molecule has 2 N–H and O–H groups in total. The molecule has 0 aromatic carbocycles. The summed E-state index contributed by atoms with van der Waals surface area (Å²) < 4.78 is 1.17. The van der Waals surface area contributed by atoms with Gasteiger partial charge in [0.15, 0.2) is 0 Å². The van der Waals surface area contributed by atoms with Gasteiger partial charge in [-0.25, -0.2) is 4.79 Å². The van der Waals surface area contributed by atoms with E-state index in [2.05, 4.69) is 12.8 Å². The van der Waals surface area contributed by atoms with Crippen molar-refractivity contribution in [2.45, 2.75) is 19.9 Å². The smallest absolute Gasteiger partial charge is 0.324 e. The van der Waals surface area contributed by atoms with Crippen LogP contribution in [0.3, 0.4) is 0 Å². The average Bonchev–Trinajstić information content (AvgIpc) is 1.64. The van der Waals surface area contributed by atoms with Gasteiger partial charge in [0.05, 0.1) is 0 Å². The quantitative estimate of drug-likeness (QED) is 0.507. The van der Waals surface area contributed by atoms with Gasteiger partial charge >= 0.3 is 6.03 Å². The van der Waals surface area contributed by atoms with Gasteiger partial charge < -0.3 is 5.73 Å². The molecule has 0 atom stereocenters. The molecule has 0 aromatic heterocycles. The second-order valence-corrected chi connectivity index (χ2v) is 2.21. The summed E-state index contributed by atoms with van der Waals surface area (Å²) in [5.74, 6) is 0. The Kier molecular flexibility index (Phi) is 2.68. The molecule has 0 unspecified atom stereocenters. The number of nitrogens with two attached hydrogens (primary N) is 1. The van der Waals surface area contributed by atoms with Gasteiger partial charge in [-0.15, -0.1) is 0 Å². The molecule has 0 saturated carbocycles. The Morgan fingerprint density at radius 1 is 1.75 bits per heavy atom. The summed E-state index contributed by atoms with van der Waals surface area (Å²) in [6, 6.07) is -0.445. The fraction of sp³-hybridized carbons (Fsp3) is 0.750. The van der Waals surface area contributed by atoms with E-state index in [-0.39, 0.29) is 6.04 Å². The predicted octanol–water partition coefficient (Wildman–Crippen LogP) is 0.620. The normalized spacial score (nSPS) is 9.50. The van der Waals surface area contributed by atoms with E-state index in [1.807, 2.05) is 13.8 Å². The summed E-state index contributed by atoms with van der Waals surface area (Å²) >= 11 is 3.78. The summed E-state index contributed by atoms with van der Waals surface area (Å²) in [5.41, 5.74) is 4.85. The molecule has 0 spiro atoms. The van der Waals surface area contributed by atoms with Crippen LogP contribution in [0.1, 0.15) is 13.8 Å². The van der Waals surface area contributed by atoms with Crippen molar-refractivity contribution < 1.29 is 4.79 Å². The summed E-state index contributed by atoms with van der Waals surface area (Å²) in [6.07, 6.45) is 0.